The van der Waals surface area contributed by atoms with Crippen LogP contribution in [0.5, 0.6) is 0 Å². The summed E-state index contributed by atoms with van der Waals surface area (Å²) >= 11 is 1.21. The van der Waals surface area contributed by atoms with E-state index in [4.69, 9.17) is 0 Å². The number of carbonyl (C=O) groups is 2. The molecule has 1 amide bonds. The van der Waals surface area contributed by atoms with Crippen molar-refractivity contribution in [2.24, 2.45) is 11.8 Å². The van der Waals surface area contributed by atoms with Crippen LogP contribution < -0.4 is 5.32 Å². The Balaban J connectivity index is 2.16. The zero-order chi connectivity index (χ0) is 14.0. The van der Waals surface area contributed by atoms with E-state index in [9.17, 15) is 14.7 Å². The molecule has 1 heterocycles. The van der Waals surface area contributed by atoms with Crippen molar-refractivity contribution in [2.45, 2.75) is 26.7 Å². The second-order valence-electron chi connectivity index (χ2n) is 4.75. The van der Waals surface area contributed by atoms with Gasteiger partial charge in [-0.3, -0.25) is 9.59 Å². The second-order valence-corrected chi connectivity index (χ2v) is 5.59. The number of anilines is 1. The quantitative estimate of drug-likeness (QED) is 0.826. The predicted molar refractivity (Wildman–Crippen MR) is 70.8 cm³/mol. The molecule has 1 aliphatic rings. The number of amides is 1. The highest BCUT2D eigenvalue weighted by atomic mass is 32.1. The molecule has 0 aliphatic heterocycles. The normalized spacial score (nSPS) is 23.3. The number of hydrogen-bond acceptors (Lipinski definition) is 5. The molecule has 19 heavy (non-hydrogen) atoms. The number of aliphatic carboxylic acids is 1. The van der Waals surface area contributed by atoms with Crippen LogP contribution in [0.1, 0.15) is 26.7 Å². The molecule has 0 fully saturated rings. The van der Waals surface area contributed by atoms with Gasteiger partial charge >= 0.3 is 5.97 Å². The van der Waals surface area contributed by atoms with Gasteiger partial charge in [0.15, 0.2) is 0 Å². The lowest BCUT2D eigenvalue weighted by Gasteiger charge is -2.29. The first-order valence-electron chi connectivity index (χ1n) is 5.94. The summed E-state index contributed by atoms with van der Waals surface area (Å²) in [7, 11) is 0. The van der Waals surface area contributed by atoms with Crippen molar-refractivity contribution >= 4 is 28.3 Å². The minimum Gasteiger partial charge on any atom is -0.481 e. The molecule has 0 aromatic carbocycles. The maximum Gasteiger partial charge on any atom is 0.307 e. The van der Waals surface area contributed by atoms with Gasteiger partial charge < -0.3 is 10.4 Å². The molecule has 0 saturated heterocycles. The summed E-state index contributed by atoms with van der Waals surface area (Å²) in [5.74, 6) is -2.44. The van der Waals surface area contributed by atoms with Gasteiger partial charge in [0.05, 0.1) is 11.8 Å². The molecule has 0 radical (unpaired) electrons. The fourth-order valence-corrected chi connectivity index (χ4v) is 2.70. The van der Waals surface area contributed by atoms with Crippen molar-refractivity contribution in [3.05, 3.63) is 16.7 Å². The molecule has 7 heteroatoms. The van der Waals surface area contributed by atoms with Crippen LogP contribution in [-0.2, 0) is 9.59 Å². The molecule has 0 spiro atoms. The van der Waals surface area contributed by atoms with Crippen molar-refractivity contribution in [3.63, 3.8) is 0 Å². The van der Waals surface area contributed by atoms with Gasteiger partial charge in [0, 0.05) is 0 Å². The molecular formula is C12H15N3O3S. The third-order valence-electron chi connectivity index (χ3n) is 3.51. The van der Waals surface area contributed by atoms with Crippen LogP contribution in [0.15, 0.2) is 16.7 Å². The number of hydrogen-bond donors (Lipinski definition) is 2. The highest BCUT2D eigenvalue weighted by Gasteiger charge is 2.37. The van der Waals surface area contributed by atoms with E-state index < -0.39 is 17.8 Å². The van der Waals surface area contributed by atoms with Crippen molar-refractivity contribution in [3.8, 4) is 0 Å². The Kier molecular flexibility index (Phi) is 3.94. The third-order valence-corrected chi connectivity index (χ3v) is 4.12. The number of carboxylic acids is 1. The molecule has 0 bridgehead atoms. The van der Waals surface area contributed by atoms with Crippen LogP contribution in [0, 0.1) is 11.8 Å². The van der Waals surface area contributed by atoms with Gasteiger partial charge in [-0.1, -0.05) is 22.5 Å². The molecule has 0 saturated carbocycles. The Morgan fingerprint density at radius 1 is 1.32 bits per heavy atom. The average molecular weight is 281 g/mol. The zero-order valence-electron chi connectivity index (χ0n) is 10.7. The number of nitrogens with zero attached hydrogens (tertiary/aromatic N) is 2. The minimum atomic E-state index is -0.927. The summed E-state index contributed by atoms with van der Waals surface area (Å²) < 4.78 is 0. The van der Waals surface area contributed by atoms with Crippen LogP contribution in [0.2, 0.25) is 0 Å². The largest absolute Gasteiger partial charge is 0.481 e. The van der Waals surface area contributed by atoms with Crippen LogP contribution in [0.25, 0.3) is 0 Å². The lowest BCUT2D eigenvalue weighted by atomic mass is 9.76. The van der Waals surface area contributed by atoms with E-state index in [0.717, 1.165) is 11.1 Å². The molecule has 0 unspecified atom stereocenters. The van der Waals surface area contributed by atoms with Gasteiger partial charge in [-0.25, -0.2) is 0 Å². The van der Waals surface area contributed by atoms with E-state index in [1.54, 1.807) is 0 Å². The molecule has 1 aromatic heterocycles. The summed E-state index contributed by atoms with van der Waals surface area (Å²) in [5.41, 5.74) is 3.67. The van der Waals surface area contributed by atoms with E-state index >= 15 is 0 Å². The topological polar surface area (TPSA) is 92.2 Å². The molecule has 6 nitrogen and oxygen atoms in total. The predicted octanol–water partition coefficient (Wildman–Crippen LogP) is 1.92. The molecular weight excluding hydrogens is 266 g/mol. The fraction of sp³-hybridized carbons (Fsp3) is 0.500. The number of carboxylic acid groups (broad SMARTS) is 1. The van der Waals surface area contributed by atoms with Crippen molar-refractivity contribution in [2.75, 3.05) is 5.32 Å². The van der Waals surface area contributed by atoms with E-state index in [1.165, 1.54) is 16.8 Å². The second kappa shape index (κ2) is 5.48. The number of rotatable bonds is 3. The standard InChI is InChI=1S/C12H15N3O3S/c1-6-3-8(9(11(17)18)4-7(6)2)10(16)14-12-15-13-5-19-12/h5,8-9H,3-4H2,1-2H3,(H,17,18)(H,14,15,16)/t8-,9-/m0/s1. The van der Waals surface area contributed by atoms with Gasteiger partial charge in [-0.15, -0.1) is 10.2 Å². The first-order valence-corrected chi connectivity index (χ1v) is 6.82. The molecule has 2 atom stereocenters. The van der Waals surface area contributed by atoms with Crippen LogP contribution >= 0.6 is 11.3 Å². The lowest BCUT2D eigenvalue weighted by molar-refractivity contribution is -0.146. The number of aromatic nitrogens is 2. The van der Waals surface area contributed by atoms with Gasteiger partial charge in [0.1, 0.15) is 5.51 Å². The monoisotopic (exact) mass is 281 g/mol. The highest BCUT2D eigenvalue weighted by Crippen LogP contribution is 2.35. The fourth-order valence-electron chi connectivity index (χ4n) is 2.25. The van der Waals surface area contributed by atoms with Crippen molar-refractivity contribution in [1.82, 2.24) is 10.2 Å². The van der Waals surface area contributed by atoms with Crippen LogP contribution in [-0.4, -0.2) is 27.2 Å². The molecule has 2 N–H and O–H groups in total. The SMILES string of the molecule is CC1=C(C)C[C@H](C(=O)Nc2nncs2)[C@@H](C(=O)O)C1. The Bertz CT molecular complexity index is 524. The zero-order valence-corrected chi connectivity index (χ0v) is 11.5. The Labute approximate surface area is 114 Å². The van der Waals surface area contributed by atoms with E-state index in [0.29, 0.717) is 18.0 Å². The number of nitrogens with one attached hydrogen (secondary N) is 1. The summed E-state index contributed by atoms with van der Waals surface area (Å²) in [6.07, 6.45) is 0.906. The number of carbonyl (C=O) groups excluding carboxylic acids is 1. The average Bonchev–Trinajstić information content (AvgIpc) is 2.84. The van der Waals surface area contributed by atoms with E-state index in [2.05, 4.69) is 15.5 Å². The van der Waals surface area contributed by atoms with Gasteiger partial charge in [-0.05, 0) is 26.7 Å². The van der Waals surface area contributed by atoms with Gasteiger partial charge in [0.25, 0.3) is 0 Å². The number of allylic oxidation sites excluding steroid dienone is 2. The lowest BCUT2D eigenvalue weighted by Crippen LogP contribution is -2.36. The smallest absolute Gasteiger partial charge is 0.307 e. The molecule has 102 valence electrons. The Morgan fingerprint density at radius 2 is 1.95 bits per heavy atom. The van der Waals surface area contributed by atoms with Crippen LogP contribution in [0.3, 0.4) is 0 Å². The third kappa shape index (κ3) is 2.98. The van der Waals surface area contributed by atoms with Crippen LogP contribution in [0.4, 0.5) is 5.13 Å². The van der Waals surface area contributed by atoms with Gasteiger partial charge in [0.2, 0.25) is 11.0 Å². The van der Waals surface area contributed by atoms with E-state index in [-0.39, 0.29) is 5.91 Å². The van der Waals surface area contributed by atoms with Crippen molar-refractivity contribution < 1.29 is 14.7 Å². The Morgan fingerprint density at radius 3 is 2.47 bits per heavy atom. The van der Waals surface area contributed by atoms with E-state index in [1.807, 2.05) is 13.8 Å². The molecule has 2 rings (SSSR count). The Hall–Kier alpha value is -1.76. The van der Waals surface area contributed by atoms with Crippen molar-refractivity contribution in [1.29, 1.82) is 0 Å². The summed E-state index contributed by atoms with van der Waals surface area (Å²) in [6.45, 7) is 3.86. The molecule has 1 aliphatic carbocycles. The summed E-state index contributed by atoms with van der Waals surface area (Å²) in [6, 6.07) is 0. The first kappa shape index (κ1) is 13.7. The highest BCUT2D eigenvalue weighted by molar-refractivity contribution is 7.13. The first-order chi connectivity index (χ1) is 8.99. The van der Waals surface area contributed by atoms with Gasteiger partial charge in [-0.2, -0.15) is 0 Å². The molecule has 1 aromatic rings. The summed E-state index contributed by atoms with van der Waals surface area (Å²) in [5, 5.41) is 19.7. The summed E-state index contributed by atoms with van der Waals surface area (Å²) in [4.78, 5) is 23.5. The maximum atomic E-state index is 12.2. The minimum absolute atomic E-state index is 0.295. The maximum absolute atomic E-state index is 12.2.